The smallest absolute Gasteiger partial charge is 0.331 e. The van der Waals surface area contributed by atoms with Crippen molar-refractivity contribution in [3.8, 4) is 5.75 Å². The number of Topliss-reactive ketones (excluding diaryl/α,β-unsaturated/α-hetero) is 1. The topological polar surface area (TPSA) is 81.7 Å². The predicted molar refractivity (Wildman–Crippen MR) is 103 cm³/mol. The van der Waals surface area contributed by atoms with E-state index < -0.39 is 5.97 Å². The van der Waals surface area contributed by atoms with Gasteiger partial charge in [-0.05, 0) is 43.3 Å². The Hall–Kier alpha value is -3.41. The molecule has 0 bridgehead atoms. The molecule has 0 atom stereocenters. The molecule has 0 aliphatic heterocycles. The lowest BCUT2D eigenvalue weighted by molar-refractivity contribution is -0.136. The first-order valence-electron chi connectivity index (χ1n) is 8.47. The van der Waals surface area contributed by atoms with Crippen LogP contribution in [0.15, 0.2) is 54.6 Å². The van der Waals surface area contributed by atoms with Gasteiger partial charge in [0.2, 0.25) is 5.91 Å². The van der Waals surface area contributed by atoms with Gasteiger partial charge in [0, 0.05) is 29.8 Å². The Labute approximate surface area is 157 Å². The highest BCUT2D eigenvalue weighted by molar-refractivity contribution is 5.99. The molecule has 1 amide bonds. The normalized spacial score (nSPS) is 10.4. The van der Waals surface area contributed by atoms with Gasteiger partial charge in [-0.15, -0.1) is 0 Å². The summed E-state index contributed by atoms with van der Waals surface area (Å²) >= 11 is 0. The molecule has 6 heteroatoms. The highest BCUT2D eigenvalue weighted by atomic mass is 16.5. The number of para-hydroxylation sites is 1. The van der Waals surface area contributed by atoms with Crippen LogP contribution >= 0.6 is 0 Å². The van der Waals surface area contributed by atoms with Crippen molar-refractivity contribution in [1.82, 2.24) is 0 Å². The van der Waals surface area contributed by atoms with E-state index in [4.69, 9.17) is 9.47 Å². The van der Waals surface area contributed by atoms with E-state index in [2.05, 4.69) is 5.32 Å². The van der Waals surface area contributed by atoms with Gasteiger partial charge in [0.25, 0.3) is 0 Å². The van der Waals surface area contributed by atoms with E-state index in [9.17, 15) is 14.4 Å². The number of ether oxygens (including phenoxy) is 2. The molecule has 0 saturated heterocycles. The van der Waals surface area contributed by atoms with Gasteiger partial charge in [0.1, 0.15) is 5.75 Å². The fourth-order valence-electron chi connectivity index (χ4n) is 2.27. The van der Waals surface area contributed by atoms with Gasteiger partial charge in [-0.1, -0.05) is 18.2 Å². The third-order valence-electron chi connectivity index (χ3n) is 3.49. The van der Waals surface area contributed by atoms with Crippen LogP contribution in [0.1, 0.15) is 29.8 Å². The van der Waals surface area contributed by atoms with Crippen LogP contribution in [0.5, 0.6) is 5.75 Å². The summed E-state index contributed by atoms with van der Waals surface area (Å²) in [7, 11) is 0. The molecule has 0 radical (unpaired) electrons. The second-order valence-corrected chi connectivity index (χ2v) is 5.59. The number of anilines is 1. The molecule has 1 N–H and O–H groups in total. The highest BCUT2D eigenvalue weighted by Gasteiger charge is 2.09. The molecule has 140 valence electrons. The lowest BCUT2D eigenvalue weighted by Gasteiger charge is -2.06. The van der Waals surface area contributed by atoms with E-state index in [0.717, 1.165) is 5.56 Å². The number of ketones is 1. The Kier molecular flexibility index (Phi) is 7.31. The molecule has 0 aliphatic rings. The summed E-state index contributed by atoms with van der Waals surface area (Å²) in [6.07, 6.45) is 2.84. The minimum Gasteiger partial charge on any atom is -0.493 e. The number of nitrogens with one attached hydrogen (secondary N) is 1. The highest BCUT2D eigenvalue weighted by Crippen LogP contribution is 2.19. The van der Waals surface area contributed by atoms with Gasteiger partial charge >= 0.3 is 5.97 Å². The Balaban J connectivity index is 1.89. The summed E-state index contributed by atoms with van der Waals surface area (Å²) in [6, 6.07) is 13.7. The molecule has 2 rings (SSSR count). The van der Waals surface area contributed by atoms with Crippen LogP contribution in [0.2, 0.25) is 0 Å². The third kappa shape index (κ3) is 6.43. The minimum absolute atomic E-state index is 0.194. The van der Waals surface area contributed by atoms with Crippen LogP contribution in [0.4, 0.5) is 5.69 Å². The number of hydrogen-bond donors (Lipinski definition) is 1. The van der Waals surface area contributed by atoms with Crippen LogP contribution < -0.4 is 10.1 Å². The fraction of sp³-hybridized carbons (Fsp3) is 0.190. The molecule has 2 aromatic carbocycles. The molecule has 0 saturated carbocycles. The average Bonchev–Trinajstić information content (AvgIpc) is 2.66. The molecule has 0 spiro atoms. The zero-order valence-electron chi connectivity index (χ0n) is 15.2. The van der Waals surface area contributed by atoms with Gasteiger partial charge in [-0.25, -0.2) is 4.79 Å². The summed E-state index contributed by atoms with van der Waals surface area (Å²) in [6.45, 7) is 3.43. The SMILES string of the molecule is CCOc1ccccc1/C=C/C(=O)OCC(=O)c1ccc(NC(C)=O)cc1. The van der Waals surface area contributed by atoms with E-state index in [1.165, 1.54) is 13.0 Å². The van der Waals surface area contributed by atoms with Crippen molar-refractivity contribution < 1.29 is 23.9 Å². The summed E-state index contributed by atoms with van der Waals surface area (Å²) in [4.78, 5) is 34.9. The van der Waals surface area contributed by atoms with E-state index >= 15 is 0 Å². The molecule has 0 unspecified atom stereocenters. The molecule has 27 heavy (non-hydrogen) atoms. The van der Waals surface area contributed by atoms with Crippen molar-refractivity contribution in [2.75, 3.05) is 18.5 Å². The molecule has 2 aromatic rings. The second-order valence-electron chi connectivity index (χ2n) is 5.59. The molecule has 0 aliphatic carbocycles. The predicted octanol–water partition coefficient (Wildman–Crippen LogP) is 3.48. The van der Waals surface area contributed by atoms with E-state index in [1.807, 2.05) is 31.2 Å². The van der Waals surface area contributed by atoms with Gasteiger partial charge < -0.3 is 14.8 Å². The lowest BCUT2D eigenvalue weighted by Crippen LogP contribution is -2.13. The van der Waals surface area contributed by atoms with Crippen molar-refractivity contribution in [3.63, 3.8) is 0 Å². The molecule has 0 heterocycles. The van der Waals surface area contributed by atoms with Crippen molar-refractivity contribution in [2.24, 2.45) is 0 Å². The maximum absolute atomic E-state index is 12.1. The maximum Gasteiger partial charge on any atom is 0.331 e. The Morgan fingerprint density at radius 3 is 2.41 bits per heavy atom. The van der Waals surface area contributed by atoms with Crippen LogP contribution in [-0.4, -0.2) is 30.9 Å². The Bertz CT molecular complexity index is 840. The minimum atomic E-state index is -0.621. The van der Waals surface area contributed by atoms with E-state index in [0.29, 0.717) is 23.6 Å². The summed E-state index contributed by atoms with van der Waals surface area (Å²) in [5.74, 6) is -0.481. The zero-order chi connectivity index (χ0) is 19.6. The number of hydrogen-bond acceptors (Lipinski definition) is 5. The van der Waals surface area contributed by atoms with Crippen molar-refractivity contribution in [1.29, 1.82) is 0 Å². The largest absolute Gasteiger partial charge is 0.493 e. The fourth-order valence-corrected chi connectivity index (χ4v) is 2.27. The van der Waals surface area contributed by atoms with Gasteiger partial charge in [-0.3, -0.25) is 9.59 Å². The first kappa shape index (κ1) is 19.9. The number of esters is 1. The average molecular weight is 367 g/mol. The number of benzene rings is 2. The lowest BCUT2D eigenvalue weighted by atomic mass is 10.1. The standard InChI is InChI=1S/C21H21NO5/c1-3-26-20-7-5-4-6-17(20)10-13-21(25)27-14-19(24)16-8-11-18(12-9-16)22-15(2)23/h4-13H,3,14H2,1-2H3,(H,22,23)/b13-10+. The Morgan fingerprint density at radius 2 is 1.74 bits per heavy atom. The maximum atomic E-state index is 12.1. The number of carbonyl (C=O) groups is 3. The number of rotatable bonds is 8. The van der Waals surface area contributed by atoms with Crippen LogP contribution in [-0.2, 0) is 14.3 Å². The molecule has 0 aromatic heterocycles. The Morgan fingerprint density at radius 1 is 1.04 bits per heavy atom. The van der Waals surface area contributed by atoms with Crippen molar-refractivity contribution in [3.05, 3.63) is 65.7 Å². The molecule has 0 fully saturated rings. The van der Waals surface area contributed by atoms with Crippen molar-refractivity contribution in [2.45, 2.75) is 13.8 Å². The second kappa shape index (κ2) is 9.91. The quantitative estimate of drug-likeness (QED) is 0.439. The molecule has 6 nitrogen and oxygen atoms in total. The summed E-state index contributed by atoms with van der Waals surface area (Å²) in [5, 5.41) is 2.61. The van der Waals surface area contributed by atoms with E-state index in [1.54, 1.807) is 30.3 Å². The third-order valence-corrected chi connectivity index (χ3v) is 3.49. The van der Waals surface area contributed by atoms with Gasteiger partial charge in [-0.2, -0.15) is 0 Å². The molecular weight excluding hydrogens is 346 g/mol. The first-order chi connectivity index (χ1) is 13.0. The molecular formula is C21H21NO5. The zero-order valence-corrected chi connectivity index (χ0v) is 15.2. The van der Waals surface area contributed by atoms with Crippen LogP contribution in [0.3, 0.4) is 0 Å². The summed E-state index contributed by atoms with van der Waals surface area (Å²) in [5.41, 5.74) is 1.73. The van der Waals surface area contributed by atoms with Crippen LogP contribution in [0.25, 0.3) is 6.08 Å². The van der Waals surface area contributed by atoms with Crippen molar-refractivity contribution >= 4 is 29.4 Å². The monoisotopic (exact) mass is 367 g/mol. The first-order valence-corrected chi connectivity index (χ1v) is 8.47. The van der Waals surface area contributed by atoms with Gasteiger partial charge in [0.05, 0.1) is 6.61 Å². The number of carbonyl (C=O) groups excluding carboxylic acids is 3. The van der Waals surface area contributed by atoms with E-state index in [-0.39, 0.29) is 18.3 Å². The number of amides is 1. The van der Waals surface area contributed by atoms with Crippen LogP contribution in [0, 0.1) is 0 Å². The summed E-state index contributed by atoms with van der Waals surface area (Å²) < 4.78 is 10.5. The van der Waals surface area contributed by atoms with Gasteiger partial charge in [0.15, 0.2) is 12.4 Å².